The first-order valence-electron chi connectivity index (χ1n) is 5.39. The molecule has 0 aliphatic carbocycles. The fourth-order valence-corrected chi connectivity index (χ4v) is 1.52. The van der Waals surface area contributed by atoms with Gasteiger partial charge >= 0.3 is 0 Å². The topological polar surface area (TPSA) is 84.1 Å². The van der Waals surface area contributed by atoms with Crippen LogP contribution in [0.1, 0.15) is 10.5 Å². The van der Waals surface area contributed by atoms with Gasteiger partial charge in [0, 0.05) is 24.3 Å². The van der Waals surface area contributed by atoms with Crippen LogP contribution in [0.5, 0.6) is 0 Å². The number of hydrogen-bond donors (Lipinski definition) is 2. The molecule has 0 atom stereocenters. The molecule has 2 aromatic rings. The van der Waals surface area contributed by atoms with Crippen molar-refractivity contribution in [3.05, 3.63) is 54.6 Å². The number of rotatable bonds is 2. The van der Waals surface area contributed by atoms with Gasteiger partial charge in [-0.25, -0.2) is 10.9 Å². The summed E-state index contributed by atoms with van der Waals surface area (Å²) in [5.41, 5.74) is 0.924. The van der Waals surface area contributed by atoms with Gasteiger partial charge in [-0.15, -0.1) is 0 Å². The van der Waals surface area contributed by atoms with Crippen LogP contribution < -0.4 is 11.2 Å². The molecule has 7 heteroatoms. The molecule has 2 rings (SSSR count). The number of hydrazine groups is 1. The summed E-state index contributed by atoms with van der Waals surface area (Å²) in [6.07, 6.45) is 4.72. The molecule has 0 fully saturated rings. The Balaban J connectivity index is 2.06. The maximum absolute atomic E-state index is 12.0. The lowest BCUT2D eigenvalue weighted by Gasteiger charge is -2.17. The van der Waals surface area contributed by atoms with Crippen LogP contribution in [0.3, 0.4) is 0 Å². The molecule has 0 unspecified atom stereocenters. The van der Waals surface area contributed by atoms with E-state index >= 15 is 0 Å². The highest BCUT2D eigenvalue weighted by molar-refractivity contribution is 7.80. The van der Waals surface area contributed by atoms with E-state index in [4.69, 9.17) is 18.1 Å². The highest BCUT2D eigenvalue weighted by Gasteiger charge is 2.17. The van der Waals surface area contributed by atoms with Gasteiger partial charge in [0.2, 0.25) is 0 Å². The van der Waals surface area contributed by atoms with Crippen molar-refractivity contribution < 1.29 is 4.79 Å². The van der Waals surface area contributed by atoms with Crippen molar-refractivity contribution >= 4 is 28.9 Å². The molecule has 2 heterocycles. The third kappa shape index (κ3) is 3.30. The smallest absolute Gasteiger partial charge is 0.292 e. The van der Waals surface area contributed by atoms with Gasteiger partial charge in [-0.05, 0) is 36.5 Å². The quantitative estimate of drug-likeness (QED) is 0.370. The predicted octanol–water partition coefficient (Wildman–Crippen LogP) is 1.19. The number of amides is 1. The third-order valence-electron chi connectivity index (χ3n) is 2.25. The number of hydrogen-bond acceptors (Lipinski definition) is 5. The van der Waals surface area contributed by atoms with E-state index in [0.29, 0.717) is 5.69 Å². The van der Waals surface area contributed by atoms with E-state index in [9.17, 15) is 4.79 Å². The fourth-order valence-electron chi connectivity index (χ4n) is 1.32. The van der Waals surface area contributed by atoms with E-state index in [1.54, 1.807) is 42.7 Å². The Morgan fingerprint density at radius 1 is 1.21 bits per heavy atom. The van der Waals surface area contributed by atoms with E-state index in [-0.39, 0.29) is 10.8 Å². The molecular weight excluding hydrogens is 262 g/mol. The number of carbonyl (C=O) groups is 1. The summed E-state index contributed by atoms with van der Waals surface area (Å²) < 4.78 is 0. The molecule has 0 aliphatic rings. The number of anilines is 1. The number of nitrogens with two attached hydrogens (primary N) is 1. The Hall–Kier alpha value is -2.38. The van der Waals surface area contributed by atoms with Crippen LogP contribution >= 0.6 is 12.2 Å². The number of nitrogens with one attached hydrogen (secondary N) is 1. The lowest BCUT2D eigenvalue weighted by Crippen LogP contribution is -2.45. The molecule has 1 amide bonds. The minimum absolute atomic E-state index is 0.0850. The van der Waals surface area contributed by atoms with Gasteiger partial charge < -0.3 is 5.32 Å². The molecule has 96 valence electrons. The third-order valence-corrected chi connectivity index (χ3v) is 2.55. The average Bonchev–Trinajstić information content (AvgIpc) is 2.47. The van der Waals surface area contributed by atoms with E-state index < -0.39 is 5.91 Å². The molecule has 3 N–H and O–H groups in total. The zero-order chi connectivity index (χ0) is 13.7. The summed E-state index contributed by atoms with van der Waals surface area (Å²) in [6, 6.07) is 8.41. The summed E-state index contributed by atoms with van der Waals surface area (Å²) in [7, 11) is 0. The highest BCUT2D eigenvalue weighted by atomic mass is 32.1. The molecule has 0 aliphatic heterocycles. The van der Waals surface area contributed by atoms with Crippen LogP contribution in [0.4, 0.5) is 5.69 Å². The van der Waals surface area contributed by atoms with Crippen molar-refractivity contribution in [3.8, 4) is 0 Å². The van der Waals surface area contributed by atoms with Crippen molar-refractivity contribution in [2.24, 2.45) is 5.84 Å². The number of thiocarbonyl (C=S) groups is 1. The van der Waals surface area contributed by atoms with Crippen LogP contribution in [0, 0.1) is 0 Å². The van der Waals surface area contributed by atoms with Gasteiger partial charge in [-0.3, -0.25) is 14.8 Å². The van der Waals surface area contributed by atoms with Gasteiger partial charge in [0.15, 0.2) is 5.11 Å². The normalized spacial score (nSPS) is 9.74. The Labute approximate surface area is 115 Å². The summed E-state index contributed by atoms with van der Waals surface area (Å²) in [4.78, 5) is 19.8. The SMILES string of the molecule is NN(C(=O)c1ccccn1)C(=S)Nc1ccncc1. The van der Waals surface area contributed by atoms with E-state index in [1.807, 2.05) is 0 Å². The molecule has 6 nitrogen and oxygen atoms in total. The van der Waals surface area contributed by atoms with Crippen LogP contribution in [-0.2, 0) is 0 Å². The molecule has 0 bridgehead atoms. The van der Waals surface area contributed by atoms with Crippen molar-refractivity contribution in [3.63, 3.8) is 0 Å². The van der Waals surface area contributed by atoms with Gasteiger partial charge in [0.05, 0.1) is 0 Å². The zero-order valence-electron chi connectivity index (χ0n) is 9.85. The first-order chi connectivity index (χ1) is 9.18. The van der Waals surface area contributed by atoms with Crippen molar-refractivity contribution in [1.29, 1.82) is 0 Å². The second-order valence-electron chi connectivity index (χ2n) is 3.56. The summed E-state index contributed by atoms with van der Waals surface area (Å²) in [6.45, 7) is 0. The standard InChI is InChI=1S/C12H11N5OS/c13-17(11(18)10-3-1-2-6-15-10)12(19)16-9-4-7-14-8-5-9/h1-8H,13H2,(H,14,16,19). The largest absolute Gasteiger partial charge is 0.331 e. The molecule has 0 radical (unpaired) electrons. The molecule has 19 heavy (non-hydrogen) atoms. The van der Waals surface area contributed by atoms with Gasteiger partial charge in [0.25, 0.3) is 5.91 Å². The first kappa shape index (κ1) is 13.1. The second kappa shape index (κ2) is 5.98. The zero-order valence-corrected chi connectivity index (χ0v) is 10.7. The Bertz CT molecular complexity index is 575. The Morgan fingerprint density at radius 2 is 1.95 bits per heavy atom. The van der Waals surface area contributed by atoms with Gasteiger partial charge in [-0.1, -0.05) is 6.07 Å². The van der Waals surface area contributed by atoms with Crippen molar-refractivity contribution in [2.75, 3.05) is 5.32 Å². The maximum atomic E-state index is 12.0. The van der Waals surface area contributed by atoms with Crippen LogP contribution in [0.25, 0.3) is 0 Å². The van der Waals surface area contributed by atoms with E-state index in [0.717, 1.165) is 5.01 Å². The second-order valence-corrected chi connectivity index (χ2v) is 3.94. The van der Waals surface area contributed by atoms with Crippen LogP contribution in [0.2, 0.25) is 0 Å². The predicted molar refractivity (Wildman–Crippen MR) is 75.1 cm³/mol. The molecule has 2 aromatic heterocycles. The van der Waals surface area contributed by atoms with Crippen LogP contribution in [-0.4, -0.2) is 26.0 Å². The average molecular weight is 273 g/mol. The molecular formula is C12H11N5OS. The lowest BCUT2D eigenvalue weighted by atomic mass is 10.3. The number of nitrogens with zero attached hydrogens (tertiary/aromatic N) is 3. The minimum Gasteiger partial charge on any atom is -0.331 e. The highest BCUT2D eigenvalue weighted by Crippen LogP contribution is 2.05. The Kier molecular flexibility index (Phi) is 4.11. The van der Waals surface area contributed by atoms with Gasteiger partial charge in [0.1, 0.15) is 5.69 Å². The van der Waals surface area contributed by atoms with Crippen LogP contribution in [0.15, 0.2) is 48.9 Å². The lowest BCUT2D eigenvalue weighted by molar-refractivity contribution is 0.0844. The fraction of sp³-hybridized carbons (Fsp3) is 0. The monoisotopic (exact) mass is 273 g/mol. The Morgan fingerprint density at radius 3 is 2.58 bits per heavy atom. The molecule has 0 saturated heterocycles. The minimum atomic E-state index is -0.479. The molecule has 0 saturated carbocycles. The molecule has 0 aromatic carbocycles. The van der Waals surface area contributed by atoms with E-state index in [1.165, 1.54) is 6.20 Å². The van der Waals surface area contributed by atoms with E-state index in [2.05, 4.69) is 15.3 Å². The number of pyridine rings is 2. The number of aromatic nitrogens is 2. The first-order valence-corrected chi connectivity index (χ1v) is 5.80. The maximum Gasteiger partial charge on any atom is 0.292 e. The van der Waals surface area contributed by atoms with Crippen molar-refractivity contribution in [1.82, 2.24) is 15.0 Å². The van der Waals surface area contributed by atoms with Gasteiger partial charge in [-0.2, -0.15) is 0 Å². The molecule has 0 spiro atoms. The summed E-state index contributed by atoms with van der Waals surface area (Å²) >= 11 is 5.06. The summed E-state index contributed by atoms with van der Waals surface area (Å²) in [5, 5.41) is 3.77. The van der Waals surface area contributed by atoms with Crippen molar-refractivity contribution in [2.45, 2.75) is 0 Å². The summed E-state index contributed by atoms with van der Waals surface area (Å²) in [5.74, 6) is 5.19. The number of carbonyl (C=O) groups excluding carboxylic acids is 1.